The van der Waals surface area contributed by atoms with Crippen molar-refractivity contribution in [3.8, 4) is 0 Å². The Labute approximate surface area is 91.5 Å². The first-order valence-corrected chi connectivity index (χ1v) is 5.47. The van der Waals surface area contributed by atoms with Gasteiger partial charge in [0.2, 0.25) is 0 Å². The Morgan fingerprint density at radius 1 is 1.62 bits per heavy atom. The number of rotatable bonds is 3. The van der Waals surface area contributed by atoms with Gasteiger partial charge in [-0.25, -0.2) is 9.97 Å². The molecule has 1 fully saturated rings. The van der Waals surface area contributed by atoms with E-state index < -0.39 is 0 Å². The molecular weight excluding hydrogens is 277 g/mol. The van der Waals surface area contributed by atoms with Crippen LogP contribution in [0.1, 0.15) is 19.8 Å². The van der Waals surface area contributed by atoms with Crippen LogP contribution in [-0.4, -0.2) is 16.5 Å². The summed E-state index contributed by atoms with van der Waals surface area (Å²) in [6.45, 7) is 3.33. The Kier molecular flexibility index (Phi) is 2.40. The van der Waals surface area contributed by atoms with E-state index in [1.165, 1.54) is 12.8 Å². The smallest absolute Gasteiger partial charge is 0.142 e. The van der Waals surface area contributed by atoms with Gasteiger partial charge < -0.3 is 5.32 Å². The molecule has 1 aliphatic rings. The van der Waals surface area contributed by atoms with Crippen molar-refractivity contribution >= 4 is 28.4 Å². The van der Waals surface area contributed by atoms with E-state index in [1.807, 2.05) is 6.20 Å². The molecule has 0 amide bonds. The molecule has 0 unspecified atom stereocenters. The van der Waals surface area contributed by atoms with Gasteiger partial charge in [0.25, 0.3) is 0 Å². The largest absolute Gasteiger partial charge is 0.369 e. The SMILES string of the molecule is CC1(CNc2ncncc2I)CC1. The second-order valence-electron chi connectivity index (χ2n) is 3.88. The first kappa shape index (κ1) is 9.18. The van der Waals surface area contributed by atoms with E-state index in [4.69, 9.17) is 0 Å². The molecule has 1 saturated carbocycles. The summed E-state index contributed by atoms with van der Waals surface area (Å²) in [6.07, 6.45) is 6.08. The molecule has 1 aromatic rings. The molecule has 0 bridgehead atoms. The van der Waals surface area contributed by atoms with Gasteiger partial charge in [-0.2, -0.15) is 0 Å². The second kappa shape index (κ2) is 3.40. The van der Waals surface area contributed by atoms with Crippen LogP contribution in [0.2, 0.25) is 0 Å². The molecule has 2 rings (SSSR count). The van der Waals surface area contributed by atoms with Gasteiger partial charge in [-0.05, 0) is 40.8 Å². The monoisotopic (exact) mass is 289 g/mol. The highest BCUT2D eigenvalue weighted by Gasteiger charge is 2.36. The molecule has 70 valence electrons. The van der Waals surface area contributed by atoms with E-state index in [2.05, 4.69) is 44.8 Å². The number of anilines is 1. The van der Waals surface area contributed by atoms with E-state index in [9.17, 15) is 0 Å². The van der Waals surface area contributed by atoms with Crippen LogP contribution in [0.5, 0.6) is 0 Å². The van der Waals surface area contributed by atoms with Crippen LogP contribution in [0.15, 0.2) is 12.5 Å². The van der Waals surface area contributed by atoms with E-state index in [-0.39, 0.29) is 0 Å². The van der Waals surface area contributed by atoms with Gasteiger partial charge in [-0.1, -0.05) is 6.92 Å². The van der Waals surface area contributed by atoms with Crippen LogP contribution in [-0.2, 0) is 0 Å². The molecule has 1 aliphatic carbocycles. The molecule has 1 N–H and O–H groups in total. The Morgan fingerprint density at radius 3 is 3.00 bits per heavy atom. The van der Waals surface area contributed by atoms with Crippen molar-refractivity contribution in [1.82, 2.24) is 9.97 Å². The number of halogens is 1. The van der Waals surface area contributed by atoms with Crippen LogP contribution < -0.4 is 5.32 Å². The van der Waals surface area contributed by atoms with Gasteiger partial charge in [0.15, 0.2) is 0 Å². The zero-order chi connectivity index (χ0) is 9.31. The molecule has 1 heterocycles. The van der Waals surface area contributed by atoms with Gasteiger partial charge in [-0.15, -0.1) is 0 Å². The summed E-state index contributed by atoms with van der Waals surface area (Å²) < 4.78 is 1.09. The molecule has 0 aliphatic heterocycles. The van der Waals surface area contributed by atoms with Gasteiger partial charge in [0.05, 0.1) is 3.57 Å². The lowest BCUT2D eigenvalue weighted by atomic mass is 10.1. The van der Waals surface area contributed by atoms with Crippen LogP contribution in [0.4, 0.5) is 5.82 Å². The summed E-state index contributed by atoms with van der Waals surface area (Å²) in [6, 6.07) is 0. The fourth-order valence-electron chi connectivity index (χ4n) is 1.13. The molecule has 0 atom stereocenters. The zero-order valence-electron chi connectivity index (χ0n) is 7.55. The van der Waals surface area contributed by atoms with Crippen molar-refractivity contribution in [2.75, 3.05) is 11.9 Å². The molecule has 13 heavy (non-hydrogen) atoms. The summed E-state index contributed by atoms with van der Waals surface area (Å²) in [7, 11) is 0. The van der Waals surface area contributed by atoms with Gasteiger partial charge in [0, 0.05) is 12.7 Å². The number of hydrogen-bond donors (Lipinski definition) is 1. The Balaban J connectivity index is 1.97. The summed E-state index contributed by atoms with van der Waals surface area (Å²) in [5, 5.41) is 3.36. The summed E-state index contributed by atoms with van der Waals surface area (Å²) in [5.74, 6) is 0.962. The number of nitrogens with one attached hydrogen (secondary N) is 1. The first-order valence-electron chi connectivity index (χ1n) is 4.39. The minimum Gasteiger partial charge on any atom is -0.369 e. The zero-order valence-corrected chi connectivity index (χ0v) is 9.71. The Hall–Kier alpha value is -0.390. The minimum atomic E-state index is 0.522. The highest BCUT2D eigenvalue weighted by atomic mass is 127. The molecule has 0 saturated heterocycles. The lowest BCUT2D eigenvalue weighted by Crippen LogP contribution is -2.13. The average Bonchev–Trinajstić information content (AvgIpc) is 2.83. The third-order valence-electron chi connectivity index (χ3n) is 2.45. The predicted octanol–water partition coefficient (Wildman–Crippen LogP) is 2.29. The summed E-state index contributed by atoms with van der Waals surface area (Å²) >= 11 is 2.24. The fraction of sp³-hybridized carbons (Fsp3) is 0.556. The topological polar surface area (TPSA) is 37.8 Å². The molecule has 3 nitrogen and oxygen atoms in total. The van der Waals surface area contributed by atoms with Crippen LogP contribution in [0.25, 0.3) is 0 Å². The molecular formula is C9H12IN3. The quantitative estimate of drug-likeness (QED) is 0.868. The maximum Gasteiger partial charge on any atom is 0.142 e. The van der Waals surface area contributed by atoms with Gasteiger partial charge in [-0.3, -0.25) is 0 Å². The minimum absolute atomic E-state index is 0.522. The molecule has 0 aromatic carbocycles. The highest BCUT2D eigenvalue weighted by Crippen LogP contribution is 2.44. The summed E-state index contributed by atoms with van der Waals surface area (Å²) in [5.41, 5.74) is 0.522. The maximum absolute atomic E-state index is 4.18. The van der Waals surface area contributed by atoms with Gasteiger partial charge in [0.1, 0.15) is 12.1 Å². The predicted molar refractivity (Wildman–Crippen MR) is 60.6 cm³/mol. The molecule has 4 heteroatoms. The lowest BCUT2D eigenvalue weighted by Gasteiger charge is -2.10. The molecule has 1 aromatic heterocycles. The number of nitrogens with zero attached hydrogens (tertiary/aromatic N) is 2. The Morgan fingerprint density at radius 2 is 2.38 bits per heavy atom. The van der Waals surface area contributed by atoms with E-state index in [0.29, 0.717) is 5.41 Å². The fourth-order valence-corrected chi connectivity index (χ4v) is 1.62. The third kappa shape index (κ3) is 2.30. The normalized spacial score (nSPS) is 18.3. The van der Waals surface area contributed by atoms with Gasteiger partial charge >= 0.3 is 0 Å². The standard InChI is InChI=1S/C9H12IN3/c1-9(2-3-9)5-12-8-7(10)4-11-6-13-8/h4,6H,2-3,5H2,1H3,(H,11,12,13). The number of aromatic nitrogens is 2. The van der Waals surface area contributed by atoms with Crippen molar-refractivity contribution < 1.29 is 0 Å². The third-order valence-corrected chi connectivity index (χ3v) is 3.24. The van der Waals surface area contributed by atoms with Crippen molar-refractivity contribution in [1.29, 1.82) is 0 Å². The molecule has 0 radical (unpaired) electrons. The van der Waals surface area contributed by atoms with Crippen LogP contribution in [0.3, 0.4) is 0 Å². The first-order chi connectivity index (χ1) is 6.20. The highest BCUT2D eigenvalue weighted by molar-refractivity contribution is 14.1. The van der Waals surface area contributed by atoms with Crippen molar-refractivity contribution in [2.45, 2.75) is 19.8 Å². The number of hydrogen-bond acceptors (Lipinski definition) is 3. The van der Waals surface area contributed by atoms with Crippen LogP contribution in [0, 0.1) is 8.99 Å². The van der Waals surface area contributed by atoms with Crippen LogP contribution >= 0.6 is 22.6 Å². The van der Waals surface area contributed by atoms with Crippen molar-refractivity contribution in [3.05, 3.63) is 16.1 Å². The average molecular weight is 289 g/mol. The Bertz CT molecular complexity index is 309. The molecule has 0 spiro atoms. The lowest BCUT2D eigenvalue weighted by molar-refractivity contribution is 0.609. The maximum atomic E-state index is 4.18. The van der Waals surface area contributed by atoms with E-state index >= 15 is 0 Å². The summed E-state index contributed by atoms with van der Waals surface area (Å²) in [4.78, 5) is 8.13. The van der Waals surface area contributed by atoms with Crippen molar-refractivity contribution in [3.63, 3.8) is 0 Å². The van der Waals surface area contributed by atoms with Crippen molar-refractivity contribution in [2.24, 2.45) is 5.41 Å². The second-order valence-corrected chi connectivity index (χ2v) is 5.05. The van der Waals surface area contributed by atoms with E-state index in [1.54, 1.807) is 6.33 Å². The van der Waals surface area contributed by atoms with E-state index in [0.717, 1.165) is 15.9 Å².